The summed E-state index contributed by atoms with van der Waals surface area (Å²) in [6, 6.07) is 17.2. The van der Waals surface area contributed by atoms with Crippen LogP contribution in [0.4, 0.5) is 0 Å². The van der Waals surface area contributed by atoms with Crippen LogP contribution in [-0.2, 0) is 11.3 Å². The number of oxazole rings is 1. The molecule has 2 aromatic carbocycles. The first-order valence-electron chi connectivity index (χ1n) is 7.67. The second kappa shape index (κ2) is 7.99. The highest BCUT2D eigenvalue weighted by Gasteiger charge is 2.16. The van der Waals surface area contributed by atoms with Crippen molar-refractivity contribution in [2.24, 2.45) is 0 Å². The van der Waals surface area contributed by atoms with E-state index in [4.69, 9.17) is 4.42 Å². The van der Waals surface area contributed by atoms with E-state index < -0.39 is 0 Å². The molecule has 5 nitrogen and oxygen atoms in total. The maximum atomic E-state index is 12.5. The molecule has 0 bridgehead atoms. The summed E-state index contributed by atoms with van der Waals surface area (Å²) in [5.74, 6) is 0.166. The number of benzene rings is 2. The first-order valence-corrected chi connectivity index (χ1v) is 8.66. The number of carbonyl (C=O) groups excluding carboxylic acids is 1. The number of hydrogen-bond acceptors (Lipinski definition) is 5. The molecule has 1 amide bonds. The molecule has 0 aliphatic heterocycles. The van der Waals surface area contributed by atoms with Crippen LogP contribution in [0.15, 0.2) is 64.2 Å². The van der Waals surface area contributed by atoms with E-state index in [1.165, 1.54) is 11.8 Å². The van der Waals surface area contributed by atoms with E-state index >= 15 is 0 Å². The summed E-state index contributed by atoms with van der Waals surface area (Å²) >= 11 is 1.27. The van der Waals surface area contributed by atoms with E-state index in [0.29, 0.717) is 23.9 Å². The molecule has 0 unspecified atom stereocenters. The van der Waals surface area contributed by atoms with Crippen molar-refractivity contribution in [3.8, 4) is 0 Å². The van der Waals surface area contributed by atoms with Gasteiger partial charge in [0, 0.05) is 13.1 Å². The maximum Gasteiger partial charge on any atom is 0.257 e. The Hall–Kier alpha value is -2.31. The van der Waals surface area contributed by atoms with Crippen molar-refractivity contribution < 1.29 is 14.3 Å². The van der Waals surface area contributed by atoms with Gasteiger partial charge in [-0.2, -0.15) is 0 Å². The number of hydrogen-bond donors (Lipinski definition) is 1. The molecule has 3 aromatic rings. The number of nitrogens with zero attached hydrogens (tertiary/aromatic N) is 2. The van der Waals surface area contributed by atoms with E-state index in [1.807, 2.05) is 54.6 Å². The molecule has 0 aliphatic carbocycles. The summed E-state index contributed by atoms with van der Waals surface area (Å²) in [7, 11) is 0. The Balaban J connectivity index is 1.62. The van der Waals surface area contributed by atoms with Crippen LogP contribution in [-0.4, -0.2) is 39.8 Å². The lowest BCUT2D eigenvalue weighted by molar-refractivity contribution is -0.129. The standard InChI is InChI=1S/C18H18N2O3S/c21-11-10-20(12-14-6-2-1-3-7-14)17(22)13-24-18-19-15-8-4-5-9-16(15)23-18/h1-9,21H,10-13H2. The molecule has 0 spiro atoms. The number of aromatic nitrogens is 1. The minimum atomic E-state index is -0.0634. The lowest BCUT2D eigenvalue weighted by Gasteiger charge is -2.21. The SMILES string of the molecule is O=C(CSc1nc2ccccc2o1)N(CCO)Cc1ccccc1. The number of carbonyl (C=O) groups is 1. The monoisotopic (exact) mass is 342 g/mol. The van der Waals surface area contributed by atoms with Gasteiger partial charge in [-0.25, -0.2) is 4.98 Å². The van der Waals surface area contributed by atoms with Crippen LogP contribution in [0.5, 0.6) is 0 Å². The molecule has 3 rings (SSSR count). The van der Waals surface area contributed by atoms with Gasteiger partial charge in [0.2, 0.25) is 5.91 Å². The first-order chi connectivity index (χ1) is 11.8. The number of fused-ring (bicyclic) bond motifs is 1. The third kappa shape index (κ3) is 4.15. The molecule has 6 heteroatoms. The molecule has 0 radical (unpaired) electrons. The smallest absolute Gasteiger partial charge is 0.257 e. The molecular weight excluding hydrogens is 324 g/mol. The van der Waals surface area contributed by atoms with Gasteiger partial charge < -0.3 is 14.4 Å². The molecule has 1 aromatic heterocycles. The zero-order chi connectivity index (χ0) is 16.8. The molecule has 0 fully saturated rings. The zero-order valence-electron chi connectivity index (χ0n) is 13.1. The molecule has 0 aliphatic rings. The molecule has 0 atom stereocenters. The predicted octanol–water partition coefficient (Wildman–Crippen LogP) is 2.94. The van der Waals surface area contributed by atoms with Crippen molar-refractivity contribution in [2.75, 3.05) is 18.9 Å². The third-order valence-corrected chi connectivity index (χ3v) is 4.35. The van der Waals surface area contributed by atoms with Crippen LogP contribution in [0.3, 0.4) is 0 Å². The Kier molecular flexibility index (Phi) is 5.51. The van der Waals surface area contributed by atoms with Gasteiger partial charge in [0.1, 0.15) is 5.52 Å². The van der Waals surface area contributed by atoms with Gasteiger partial charge in [-0.15, -0.1) is 0 Å². The van der Waals surface area contributed by atoms with Crippen LogP contribution in [0, 0.1) is 0 Å². The van der Waals surface area contributed by atoms with Crippen molar-refractivity contribution >= 4 is 28.8 Å². The number of aliphatic hydroxyl groups excluding tert-OH is 1. The summed E-state index contributed by atoms with van der Waals surface area (Å²) < 4.78 is 5.61. The Bertz CT molecular complexity index is 771. The van der Waals surface area contributed by atoms with Crippen LogP contribution in [0.1, 0.15) is 5.56 Å². The first kappa shape index (κ1) is 16.5. The zero-order valence-corrected chi connectivity index (χ0v) is 13.9. The van der Waals surface area contributed by atoms with Gasteiger partial charge in [0.05, 0.1) is 12.4 Å². The summed E-state index contributed by atoms with van der Waals surface area (Å²) in [6.07, 6.45) is 0. The summed E-state index contributed by atoms with van der Waals surface area (Å²) in [5.41, 5.74) is 2.53. The third-order valence-electron chi connectivity index (χ3n) is 3.53. The second-order valence-corrected chi connectivity index (χ2v) is 6.19. The van der Waals surface area contributed by atoms with Crippen LogP contribution >= 0.6 is 11.8 Å². The topological polar surface area (TPSA) is 66.6 Å². The highest BCUT2D eigenvalue weighted by molar-refractivity contribution is 7.99. The summed E-state index contributed by atoms with van der Waals surface area (Å²) in [6.45, 7) is 0.725. The summed E-state index contributed by atoms with van der Waals surface area (Å²) in [5, 5.41) is 9.69. The largest absolute Gasteiger partial charge is 0.431 e. The van der Waals surface area contributed by atoms with Gasteiger partial charge in [0.25, 0.3) is 5.22 Å². The van der Waals surface area contributed by atoms with Crippen LogP contribution in [0.2, 0.25) is 0 Å². The van der Waals surface area contributed by atoms with E-state index in [1.54, 1.807) is 4.90 Å². The highest BCUT2D eigenvalue weighted by Crippen LogP contribution is 2.23. The molecule has 0 saturated carbocycles. The van der Waals surface area contributed by atoms with Crippen LogP contribution in [0.25, 0.3) is 11.1 Å². The second-order valence-electron chi connectivity index (χ2n) is 5.26. The Morgan fingerprint density at radius 1 is 1.12 bits per heavy atom. The Morgan fingerprint density at radius 2 is 1.88 bits per heavy atom. The maximum absolute atomic E-state index is 12.5. The van der Waals surface area contributed by atoms with Crippen molar-refractivity contribution in [3.63, 3.8) is 0 Å². The fourth-order valence-corrected chi connectivity index (χ4v) is 3.09. The number of amides is 1. The quantitative estimate of drug-likeness (QED) is 0.669. The van der Waals surface area contributed by atoms with E-state index in [2.05, 4.69) is 4.98 Å². The van der Waals surface area contributed by atoms with Gasteiger partial charge >= 0.3 is 0 Å². The highest BCUT2D eigenvalue weighted by atomic mass is 32.2. The van der Waals surface area contributed by atoms with Gasteiger partial charge in [-0.3, -0.25) is 4.79 Å². The minimum Gasteiger partial charge on any atom is -0.431 e. The van der Waals surface area contributed by atoms with Gasteiger partial charge in [0.15, 0.2) is 5.58 Å². The lowest BCUT2D eigenvalue weighted by atomic mass is 10.2. The fourth-order valence-electron chi connectivity index (χ4n) is 2.34. The van der Waals surface area contributed by atoms with Gasteiger partial charge in [-0.05, 0) is 17.7 Å². The van der Waals surface area contributed by atoms with Gasteiger partial charge in [-0.1, -0.05) is 54.2 Å². The van der Waals surface area contributed by atoms with Crippen molar-refractivity contribution in [1.29, 1.82) is 0 Å². The fraction of sp³-hybridized carbons (Fsp3) is 0.222. The van der Waals surface area contributed by atoms with Crippen molar-refractivity contribution in [2.45, 2.75) is 11.8 Å². The minimum absolute atomic E-state index is 0.0554. The summed E-state index contributed by atoms with van der Waals surface area (Å²) in [4.78, 5) is 18.4. The molecule has 124 valence electrons. The Morgan fingerprint density at radius 3 is 2.62 bits per heavy atom. The van der Waals surface area contributed by atoms with E-state index in [0.717, 1.165) is 11.1 Å². The van der Waals surface area contributed by atoms with Crippen LogP contribution < -0.4 is 0 Å². The predicted molar refractivity (Wildman–Crippen MR) is 93.7 cm³/mol. The number of para-hydroxylation sites is 2. The molecule has 24 heavy (non-hydrogen) atoms. The average molecular weight is 342 g/mol. The Labute approximate surface area is 144 Å². The van der Waals surface area contributed by atoms with Crippen molar-refractivity contribution in [3.05, 3.63) is 60.2 Å². The van der Waals surface area contributed by atoms with E-state index in [-0.39, 0.29) is 18.3 Å². The normalized spacial score (nSPS) is 10.9. The molecular formula is C18H18N2O3S. The average Bonchev–Trinajstić information content (AvgIpc) is 3.03. The van der Waals surface area contributed by atoms with E-state index in [9.17, 15) is 9.90 Å². The number of thioether (sulfide) groups is 1. The lowest BCUT2D eigenvalue weighted by Crippen LogP contribution is -2.34. The molecule has 0 saturated heterocycles. The number of aliphatic hydroxyl groups is 1. The molecule has 1 heterocycles. The molecule has 1 N–H and O–H groups in total. The van der Waals surface area contributed by atoms with Crippen molar-refractivity contribution in [1.82, 2.24) is 9.88 Å². The number of rotatable bonds is 7.